The third-order valence-corrected chi connectivity index (χ3v) is 3.84. The Morgan fingerprint density at radius 3 is 2.95 bits per heavy atom. The van der Waals surface area contributed by atoms with Gasteiger partial charge in [0.2, 0.25) is 5.91 Å². The van der Waals surface area contributed by atoms with Crippen molar-refractivity contribution >= 4 is 35.1 Å². The average molecular weight is 324 g/mol. The van der Waals surface area contributed by atoms with Crippen molar-refractivity contribution in [2.75, 3.05) is 25.1 Å². The van der Waals surface area contributed by atoms with E-state index in [1.165, 1.54) is 0 Å². The van der Waals surface area contributed by atoms with Crippen molar-refractivity contribution in [2.24, 2.45) is 0 Å². The number of benzene rings is 1. The number of nitrogens with zero attached hydrogens (tertiary/aromatic N) is 1. The molecule has 0 bridgehead atoms. The van der Waals surface area contributed by atoms with Crippen LogP contribution in [0, 0.1) is 0 Å². The molecule has 2 aromatic rings. The maximum absolute atomic E-state index is 12.1. The standard InChI is InChI=1S/C15H17N3O3.ClH/c19-14(12-8-20-6-5-16-12)17-10-3-4-13-11(7-10)18-15(21-13)9-1-2-9;/h3-4,7,9,12,16H,1-2,5-6,8H2,(H,17,19);1H. The van der Waals surface area contributed by atoms with Gasteiger partial charge >= 0.3 is 0 Å². The minimum atomic E-state index is -0.297. The summed E-state index contributed by atoms with van der Waals surface area (Å²) in [4.78, 5) is 16.6. The molecule has 1 aliphatic heterocycles. The minimum Gasteiger partial charge on any atom is -0.440 e. The number of hydrogen-bond acceptors (Lipinski definition) is 5. The van der Waals surface area contributed by atoms with Gasteiger partial charge < -0.3 is 19.8 Å². The Balaban J connectivity index is 0.00000144. The van der Waals surface area contributed by atoms with Gasteiger partial charge in [0.25, 0.3) is 0 Å². The maximum Gasteiger partial charge on any atom is 0.243 e. The van der Waals surface area contributed by atoms with Gasteiger partial charge in [0.05, 0.1) is 13.2 Å². The second-order valence-electron chi connectivity index (χ2n) is 5.58. The highest BCUT2D eigenvalue weighted by Gasteiger charge is 2.29. The molecule has 7 heteroatoms. The number of ether oxygens (including phenoxy) is 1. The lowest BCUT2D eigenvalue weighted by Gasteiger charge is -2.22. The summed E-state index contributed by atoms with van der Waals surface area (Å²) in [5.41, 5.74) is 2.30. The Hall–Kier alpha value is -1.63. The molecule has 0 spiro atoms. The van der Waals surface area contributed by atoms with Crippen LogP contribution < -0.4 is 10.6 Å². The number of rotatable bonds is 3. The molecule has 1 atom stereocenters. The van der Waals surface area contributed by atoms with E-state index in [1.807, 2.05) is 18.2 Å². The summed E-state index contributed by atoms with van der Waals surface area (Å²) in [6.07, 6.45) is 2.31. The van der Waals surface area contributed by atoms with E-state index in [2.05, 4.69) is 15.6 Å². The quantitative estimate of drug-likeness (QED) is 0.904. The zero-order valence-corrected chi connectivity index (χ0v) is 12.8. The second kappa shape index (κ2) is 6.24. The zero-order chi connectivity index (χ0) is 14.2. The lowest BCUT2D eigenvalue weighted by atomic mass is 10.2. The summed E-state index contributed by atoms with van der Waals surface area (Å²) in [6.45, 7) is 1.76. The van der Waals surface area contributed by atoms with E-state index in [-0.39, 0.29) is 24.4 Å². The van der Waals surface area contributed by atoms with Crippen molar-refractivity contribution < 1.29 is 13.9 Å². The predicted octanol–water partition coefficient (Wildman–Crippen LogP) is 2.05. The number of aromatic nitrogens is 1. The molecule has 0 radical (unpaired) electrons. The molecule has 1 unspecified atom stereocenters. The Labute approximate surface area is 134 Å². The van der Waals surface area contributed by atoms with Crippen molar-refractivity contribution in [3.8, 4) is 0 Å². The number of morpholine rings is 1. The van der Waals surface area contributed by atoms with Crippen molar-refractivity contribution in [1.82, 2.24) is 10.3 Å². The first kappa shape index (κ1) is 15.3. The van der Waals surface area contributed by atoms with E-state index in [0.717, 1.165) is 35.5 Å². The third kappa shape index (κ3) is 3.09. The normalized spacial score (nSPS) is 21.4. The molecule has 1 saturated heterocycles. The van der Waals surface area contributed by atoms with Crippen LogP contribution in [0.4, 0.5) is 5.69 Å². The van der Waals surface area contributed by atoms with Crippen molar-refractivity contribution in [2.45, 2.75) is 24.8 Å². The Morgan fingerprint density at radius 2 is 2.23 bits per heavy atom. The number of fused-ring (bicyclic) bond motifs is 1. The summed E-state index contributed by atoms with van der Waals surface area (Å²) >= 11 is 0. The van der Waals surface area contributed by atoms with Gasteiger partial charge in [0.1, 0.15) is 11.6 Å². The van der Waals surface area contributed by atoms with Crippen LogP contribution in [0.1, 0.15) is 24.7 Å². The number of nitrogens with one attached hydrogen (secondary N) is 2. The van der Waals surface area contributed by atoms with E-state index >= 15 is 0 Å². The first-order valence-electron chi connectivity index (χ1n) is 7.32. The number of oxazole rings is 1. The zero-order valence-electron chi connectivity index (χ0n) is 12.0. The van der Waals surface area contributed by atoms with Crippen LogP contribution in [-0.4, -0.2) is 36.7 Å². The van der Waals surface area contributed by atoms with E-state index in [1.54, 1.807) is 0 Å². The fourth-order valence-electron chi connectivity index (χ4n) is 2.49. The SMILES string of the molecule is Cl.O=C(Nc1ccc2oc(C3CC3)nc2c1)C1COCCN1. The third-order valence-electron chi connectivity index (χ3n) is 3.84. The summed E-state index contributed by atoms with van der Waals surface area (Å²) < 4.78 is 11.0. The molecule has 1 amide bonds. The highest BCUT2D eigenvalue weighted by Crippen LogP contribution is 2.40. The number of halogens is 1. The predicted molar refractivity (Wildman–Crippen MR) is 84.5 cm³/mol. The van der Waals surface area contributed by atoms with E-state index in [0.29, 0.717) is 25.7 Å². The second-order valence-corrected chi connectivity index (χ2v) is 5.58. The summed E-state index contributed by atoms with van der Waals surface area (Å²) in [6, 6.07) is 5.25. The summed E-state index contributed by atoms with van der Waals surface area (Å²) in [5, 5.41) is 6.03. The highest BCUT2D eigenvalue weighted by molar-refractivity contribution is 5.96. The van der Waals surface area contributed by atoms with Gasteiger partial charge in [-0.15, -0.1) is 12.4 Å². The number of anilines is 1. The fraction of sp³-hybridized carbons (Fsp3) is 0.467. The van der Waals surface area contributed by atoms with Crippen LogP contribution in [-0.2, 0) is 9.53 Å². The molecule has 2 fully saturated rings. The molecule has 1 aliphatic carbocycles. The molecule has 1 aromatic heterocycles. The van der Waals surface area contributed by atoms with Crippen LogP contribution in [0.2, 0.25) is 0 Å². The van der Waals surface area contributed by atoms with E-state index in [9.17, 15) is 4.79 Å². The van der Waals surface area contributed by atoms with Crippen LogP contribution in [0.3, 0.4) is 0 Å². The monoisotopic (exact) mass is 323 g/mol. The largest absolute Gasteiger partial charge is 0.440 e. The average Bonchev–Trinajstić information content (AvgIpc) is 3.28. The summed E-state index contributed by atoms with van der Waals surface area (Å²) in [7, 11) is 0. The Kier molecular flexibility index (Phi) is 4.33. The van der Waals surface area contributed by atoms with Crippen LogP contribution in [0.5, 0.6) is 0 Å². The molecule has 1 saturated carbocycles. The number of carbonyl (C=O) groups excluding carboxylic acids is 1. The molecule has 2 N–H and O–H groups in total. The van der Waals surface area contributed by atoms with E-state index in [4.69, 9.17) is 9.15 Å². The first-order chi connectivity index (χ1) is 10.3. The van der Waals surface area contributed by atoms with Gasteiger partial charge in [-0.2, -0.15) is 0 Å². The van der Waals surface area contributed by atoms with Gasteiger partial charge in [0.15, 0.2) is 11.5 Å². The van der Waals surface area contributed by atoms with Crippen LogP contribution in [0.25, 0.3) is 11.1 Å². The Bertz CT molecular complexity index is 678. The molecule has 1 aromatic carbocycles. The lowest BCUT2D eigenvalue weighted by molar-refractivity contribution is -0.120. The smallest absolute Gasteiger partial charge is 0.243 e. The Morgan fingerprint density at radius 1 is 1.36 bits per heavy atom. The van der Waals surface area contributed by atoms with Crippen molar-refractivity contribution in [3.63, 3.8) is 0 Å². The van der Waals surface area contributed by atoms with Gasteiger partial charge in [-0.25, -0.2) is 4.98 Å². The highest BCUT2D eigenvalue weighted by atomic mass is 35.5. The van der Waals surface area contributed by atoms with Crippen LogP contribution >= 0.6 is 12.4 Å². The van der Waals surface area contributed by atoms with Gasteiger partial charge in [0, 0.05) is 18.2 Å². The molecule has 22 heavy (non-hydrogen) atoms. The molecule has 2 aliphatic rings. The number of hydrogen-bond donors (Lipinski definition) is 2. The molecular weight excluding hydrogens is 306 g/mol. The summed E-state index contributed by atoms with van der Waals surface area (Å²) in [5.74, 6) is 1.22. The molecule has 4 rings (SSSR count). The first-order valence-corrected chi connectivity index (χ1v) is 7.32. The van der Waals surface area contributed by atoms with Gasteiger partial charge in [-0.1, -0.05) is 0 Å². The minimum absolute atomic E-state index is 0. The topological polar surface area (TPSA) is 76.4 Å². The molecule has 6 nitrogen and oxygen atoms in total. The number of amides is 1. The van der Waals surface area contributed by atoms with Crippen molar-refractivity contribution in [3.05, 3.63) is 24.1 Å². The van der Waals surface area contributed by atoms with Crippen molar-refractivity contribution in [1.29, 1.82) is 0 Å². The molecule has 118 valence electrons. The molecular formula is C15H18ClN3O3. The van der Waals surface area contributed by atoms with Gasteiger partial charge in [-0.05, 0) is 31.0 Å². The lowest BCUT2D eigenvalue weighted by Crippen LogP contribution is -2.48. The van der Waals surface area contributed by atoms with Gasteiger partial charge in [-0.3, -0.25) is 4.79 Å². The number of carbonyl (C=O) groups is 1. The fourth-order valence-corrected chi connectivity index (χ4v) is 2.49. The maximum atomic E-state index is 12.1. The molecule has 2 heterocycles. The van der Waals surface area contributed by atoms with Crippen LogP contribution in [0.15, 0.2) is 22.6 Å². The van der Waals surface area contributed by atoms with E-state index < -0.39 is 0 Å².